The largest absolute Gasteiger partial charge is 0.380 e. The van der Waals surface area contributed by atoms with Crippen LogP contribution >= 0.6 is 27.3 Å². The van der Waals surface area contributed by atoms with E-state index >= 15 is 0 Å². The fourth-order valence-electron chi connectivity index (χ4n) is 1.19. The van der Waals surface area contributed by atoms with Crippen molar-refractivity contribution in [2.24, 2.45) is 0 Å². The Morgan fingerprint density at radius 1 is 1.21 bits per heavy atom. The van der Waals surface area contributed by atoms with Crippen molar-refractivity contribution < 1.29 is 0 Å². The van der Waals surface area contributed by atoms with Crippen LogP contribution in [0.25, 0.3) is 0 Å². The molecule has 0 unspecified atom stereocenters. The summed E-state index contributed by atoms with van der Waals surface area (Å²) in [5, 5.41) is 5.46. The minimum absolute atomic E-state index is 0.889. The van der Waals surface area contributed by atoms with Crippen LogP contribution < -0.4 is 5.32 Å². The maximum Gasteiger partial charge on any atom is 0.0494 e. The third kappa shape index (κ3) is 2.59. The second-order valence-electron chi connectivity index (χ2n) is 2.95. The van der Waals surface area contributed by atoms with Crippen molar-refractivity contribution in [1.82, 2.24) is 0 Å². The summed E-state index contributed by atoms with van der Waals surface area (Å²) in [5.41, 5.74) is 1.16. The van der Waals surface area contributed by atoms with Crippen molar-refractivity contribution in [3.63, 3.8) is 0 Å². The summed E-state index contributed by atoms with van der Waals surface area (Å²) in [7, 11) is 0. The van der Waals surface area contributed by atoms with E-state index in [1.54, 1.807) is 11.3 Å². The van der Waals surface area contributed by atoms with Gasteiger partial charge in [-0.3, -0.25) is 0 Å². The molecular formula is C11H10BrNS. The fourth-order valence-corrected chi connectivity index (χ4v) is 2.58. The fraction of sp³-hybridized carbons (Fsp3) is 0.0909. The summed E-state index contributed by atoms with van der Waals surface area (Å²) in [6, 6.07) is 12.4. The zero-order chi connectivity index (χ0) is 9.80. The molecule has 1 nitrogen and oxygen atoms in total. The van der Waals surface area contributed by atoms with Crippen LogP contribution in [0.5, 0.6) is 0 Å². The van der Waals surface area contributed by atoms with Gasteiger partial charge in [-0.15, -0.1) is 11.3 Å². The Morgan fingerprint density at radius 2 is 2.00 bits per heavy atom. The van der Waals surface area contributed by atoms with Gasteiger partial charge >= 0.3 is 0 Å². The first kappa shape index (κ1) is 9.74. The lowest BCUT2D eigenvalue weighted by molar-refractivity contribution is 1.19. The highest BCUT2D eigenvalue weighted by molar-refractivity contribution is 9.10. The number of hydrogen-bond acceptors (Lipinski definition) is 2. The second kappa shape index (κ2) is 4.62. The van der Waals surface area contributed by atoms with E-state index in [1.165, 1.54) is 4.88 Å². The van der Waals surface area contributed by atoms with E-state index in [2.05, 4.69) is 44.8 Å². The number of anilines is 1. The molecule has 2 aromatic rings. The van der Waals surface area contributed by atoms with Crippen molar-refractivity contribution in [1.29, 1.82) is 0 Å². The molecule has 0 aliphatic heterocycles. The SMILES string of the molecule is Brc1csc(CNc2ccccc2)c1. The number of benzene rings is 1. The molecule has 0 radical (unpaired) electrons. The van der Waals surface area contributed by atoms with Gasteiger partial charge in [-0.2, -0.15) is 0 Å². The summed E-state index contributed by atoms with van der Waals surface area (Å²) in [6.07, 6.45) is 0. The number of para-hydroxylation sites is 1. The van der Waals surface area contributed by atoms with Gasteiger partial charge in [0.1, 0.15) is 0 Å². The summed E-state index contributed by atoms with van der Waals surface area (Å²) in [5.74, 6) is 0. The third-order valence-corrected chi connectivity index (χ3v) is 3.56. The summed E-state index contributed by atoms with van der Waals surface area (Å²) in [6.45, 7) is 0.889. The van der Waals surface area contributed by atoms with Crippen LogP contribution in [-0.4, -0.2) is 0 Å². The maximum atomic E-state index is 3.44. The van der Waals surface area contributed by atoms with Crippen LogP contribution in [0, 0.1) is 0 Å². The van der Waals surface area contributed by atoms with Crippen molar-refractivity contribution >= 4 is 33.0 Å². The smallest absolute Gasteiger partial charge is 0.0494 e. The molecule has 0 saturated heterocycles. The lowest BCUT2D eigenvalue weighted by atomic mass is 10.3. The van der Waals surface area contributed by atoms with Crippen molar-refractivity contribution in [3.05, 3.63) is 51.1 Å². The van der Waals surface area contributed by atoms with Crippen LogP contribution in [0.4, 0.5) is 5.69 Å². The van der Waals surface area contributed by atoms with Gasteiger partial charge in [0.15, 0.2) is 0 Å². The first-order valence-corrected chi connectivity index (χ1v) is 6.04. The average molecular weight is 268 g/mol. The first-order valence-electron chi connectivity index (χ1n) is 4.36. The highest BCUT2D eigenvalue weighted by Gasteiger charge is 1.96. The van der Waals surface area contributed by atoms with Gasteiger partial charge in [0, 0.05) is 27.0 Å². The molecule has 0 bridgehead atoms. The van der Waals surface area contributed by atoms with Gasteiger partial charge in [-0.05, 0) is 34.1 Å². The predicted molar refractivity (Wildman–Crippen MR) is 65.8 cm³/mol. The van der Waals surface area contributed by atoms with Crippen molar-refractivity contribution in [2.75, 3.05) is 5.32 Å². The molecule has 0 aliphatic carbocycles. The topological polar surface area (TPSA) is 12.0 Å². The van der Waals surface area contributed by atoms with E-state index in [-0.39, 0.29) is 0 Å². The Bertz CT molecular complexity index is 397. The lowest BCUT2D eigenvalue weighted by Crippen LogP contribution is -1.96. The zero-order valence-electron chi connectivity index (χ0n) is 7.53. The summed E-state index contributed by atoms with van der Waals surface area (Å²) < 4.78 is 1.16. The Balaban J connectivity index is 1.95. The molecule has 0 saturated carbocycles. The quantitative estimate of drug-likeness (QED) is 0.882. The Morgan fingerprint density at radius 3 is 2.64 bits per heavy atom. The minimum Gasteiger partial charge on any atom is -0.380 e. The van der Waals surface area contributed by atoms with Crippen molar-refractivity contribution in [2.45, 2.75) is 6.54 Å². The van der Waals surface area contributed by atoms with Crippen LogP contribution in [0.15, 0.2) is 46.3 Å². The number of nitrogens with one attached hydrogen (secondary N) is 1. The third-order valence-electron chi connectivity index (χ3n) is 1.86. The monoisotopic (exact) mass is 267 g/mol. The molecule has 3 heteroatoms. The highest BCUT2D eigenvalue weighted by atomic mass is 79.9. The molecule has 72 valence electrons. The van der Waals surface area contributed by atoms with Gasteiger partial charge in [0.2, 0.25) is 0 Å². The number of hydrogen-bond donors (Lipinski definition) is 1. The molecular weight excluding hydrogens is 258 g/mol. The van der Waals surface area contributed by atoms with Gasteiger partial charge in [0.05, 0.1) is 0 Å². The van der Waals surface area contributed by atoms with Crippen LogP contribution in [0.2, 0.25) is 0 Å². The van der Waals surface area contributed by atoms with E-state index in [0.29, 0.717) is 0 Å². The standard InChI is InChI=1S/C11H10BrNS/c12-9-6-11(14-8-9)7-13-10-4-2-1-3-5-10/h1-6,8,13H,7H2. The molecule has 1 heterocycles. The Labute approximate surface area is 95.9 Å². The number of rotatable bonds is 3. The molecule has 14 heavy (non-hydrogen) atoms. The summed E-state index contributed by atoms with van der Waals surface area (Å²) in [4.78, 5) is 1.33. The first-order chi connectivity index (χ1) is 6.84. The molecule has 1 aromatic heterocycles. The van der Waals surface area contributed by atoms with E-state index in [0.717, 1.165) is 16.7 Å². The van der Waals surface area contributed by atoms with Crippen molar-refractivity contribution in [3.8, 4) is 0 Å². The zero-order valence-corrected chi connectivity index (χ0v) is 9.94. The normalized spacial score (nSPS) is 10.1. The molecule has 0 atom stereocenters. The molecule has 1 aromatic carbocycles. The van der Waals surface area contributed by atoms with Crippen LogP contribution in [0.1, 0.15) is 4.88 Å². The van der Waals surface area contributed by atoms with Gasteiger partial charge in [0.25, 0.3) is 0 Å². The molecule has 0 aliphatic rings. The molecule has 2 rings (SSSR count). The van der Waals surface area contributed by atoms with E-state index in [9.17, 15) is 0 Å². The van der Waals surface area contributed by atoms with E-state index < -0.39 is 0 Å². The summed E-state index contributed by atoms with van der Waals surface area (Å²) >= 11 is 5.20. The molecule has 0 spiro atoms. The van der Waals surface area contributed by atoms with E-state index in [4.69, 9.17) is 0 Å². The van der Waals surface area contributed by atoms with Gasteiger partial charge in [-0.1, -0.05) is 18.2 Å². The van der Waals surface area contributed by atoms with Gasteiger partial charge < -0.3 is 5.32 Å². The average Bonchev–Trinajstić information content (AvgIpc) is 2.63. The van der Waals surface area contributed by atoms with E-state index in [1.807, 2.05) is 18.2 Å². The molecule has 0 amide bonds. The van der Waals surface area contributed by atoms with Crippen LogP contribution in [0.3, 0.4) is 0 Å². The predicted octanol–water partition coefficient (Wildman–Crippen LogP) is 4.12. The second-order valence-corrected chi connectivity index (χ2v) is 4.86. The van der Waals surface area contributed by atoms with Crippen LogP contribution in [-0.2, 0) is 6.54 Å². The minimum atomic E-state index is 0.889. The molecule has 0 fully saturated rings. The Hall–Kier alpha value is -0.800. The number of thiophene rings is 1. The lowest BCUT2D eigenvalue weighted by Gasteiger charge is -2.03. The molecule has 1 N–H and O–H groups in total. The highest BCUT2D eigenvalue weighted by Crippen LogP contribution is 2.20. The Kier molecular flexibility index (Phi) is 3.22. The van der Waals surface area contributed by atoms with Gasteiger partial charge in [-0.25, -0.2) is 0 Å². The number of halogens is 1. The maximum absolute atomic E-state index is 3.44.